The Kier molecular flexibility index (Phi) is 5.16. The predicted octanol–water partition coefficient (Wildman–Crippen LogP) is 4.59. The van der Waals surface area contributed by atoms with E-state index >= 15 is 0 Å². The lowest BCUT2D eigenvalue weighted by atomic mass is 9.96. The molecule has 2 aromatic carbocycles. The fourth-order valence-electron chi connectivity index (χ4n) is 4.14. The van der Waals surface area contributed by atoms with Gasteiger partial charge in [-0.2, -0.15) is 0 Å². The van der Waals surface area contributed by atoms with Crippen LogP contribution in [-0.4, -0.2) is 36.7 Å². The fourth-order valence-corrected chi connectivity index (χ4v) is 4.14. The van der Waals surface area contributed by atoms with E-state index in [9.17, 15) is 19.1 Å². The largest absolute Gasteiger partial charge is 0.478 e. The topological polar surface area (TPSA) is 101 Å². The van der Waals surface area contributed by atoms with Crippen molar-refractivity contribution in [3.63, 3.8) is 0 Å². The van der Waals surface area contributed by atoms with Crippen LogP contribution in [0.3, 0.4) is 0 Å². The van der Waals surface area contributed by atoms with Crippen molar-refractivity contribution in [2.24, 2.45) is 0 Å². The number of aromatic nitrogens is 4. The zero-order valence-corrected chi connectivity index (χ0v) is 18.4. The van der Waals surface area contributed by atoms with Gasteiger partial charge in [-0.15, -0.1) is 10.2 Å². The lowest BCUT2D eigenvalue weighted by molar-refractivity contribution is 0.0697. The number of hydrogen-bond acceptors (Lipinski definition) is 5. The molecule has 34 heavy (non-hydrogen) atoms. The normalized spacial score (nSPS) is 12.9. The molecule has 1 aliphatic rings. The molecule has 0 atom stereocenters. The monoisotopic (exact) mass is 457 g/mol. The summed E-state index contributed by atoms with van der Waals surface area (Å²) in [4.78, 5) is 31.1. The summed E-state index contributed by atoms with van der Waals surface area (Å²) in [6, 6.07) is 14.3. The molecule has 0 bridgehead atoms. The van der Waals surface area contributed by atoms with Crippen LogP contribution in [0.25, 0.3) is 22.6 Å². The van der Waals surface area contributed by atoms with Crippen molar-refractivity contribution in [3.8, 4) is 22.6 Å². The summed E-state index contributed by atoms with van der Waals surface area (Å²) < 4.78 is 16.5. The van der Waals surface area contributed by atoms with Crippen molar-refractivity contribution in [2.75, 3.05) is 4.90 Å². The van der Waals surface area contributed by atoms with Gasteiger partial charge in [-0.25, -0.2) is 14.2 Å². The Morgan fingerprint density at radius 3 is 2.68 bits per heavy atom. The number of carboxylic acid groups (broad SMARTS) is 1. The third kappa shape index (κ3) is 3.51. The molecular weight excluding hydrogens is 437 g/mol. The Morgan fingerprint density at radius 2 is 1.91 bits per heavy atom. The van der Waals surface area contributed by atoms with Gasteiger partial charge in [-0.05, 0) is 55.3 Å². The quantitative estimate of drug-likeness (QED) is 0.471. The highest BCUT2D eigenvalue weighted by Crippen LogP contribution is 2.34. The average molecular weight is 457 g/mol. The van der Waals surface area contributed by atoms with Crippen molar-refractivity contribution >= 4 is 17.7 Å². The molecule has 1 N–H and O–H groups in total. The zero-order valence-electron chi connectivity index (χ0n) is 18.4. The maximum absolute atomic E-state index is 14.6. The van der Waals surface area contributed by atoms with Gasteiger partial charge in [0.1, 0.15) is 23.7 Å². The number of amides is 1. The Morgan fingerprint density at radius 1 is 1.12 bits per heavy atom. The first-order valence-corrected chi connectivity index (χ1v) is 10.7. The van der Waals surface area contributed by atoms with Crippen LogP contribution in [0.5, 0.6) is 0 Å². The third-order valence-electron chi connectivity index (χ3n) is 5.82. The Balaban J connectivity index is 1.51. The first-order valence-electron chi connectivity index (χ1n) is 10.7. The van der Waals surface area contributed by atoms with Crippen LogP contribution < -0.4 is 4.90 Å². The highest BCUT2D eigenvalue weighted by atomic mass is 19.1. The lowest BCUT2D eigenvalue weighted by Crippen LogP contribution is -2.24. The second-order valence-electron chi connectivity index (χ2n) is 8.27. The summed E-state index contributed by atoms with van der Waals surface area (Å²) in [5.41, 5.74) is 1.85. The van der Waals surface area contributed by atoms with Gasteiger partial charge < -0.3 is 9.67 Å². The van der Waals surface area contributed by atoms with Crippen LogP contribution in [0, 0.1) is 5.82 Å². The second kappa shape index (κ2) is 8.18. The van der Waals surface area contributed by atoms with Crippen molar-refractivity contribution < 1.29 is 19.1 Å². The molecule has 0 unspecified atom stereocenters. The van der Waals surface area contributed by atoms with E-state index in [1.807, 2.05) is 24.5 Å². The molecule has 8 nitrogen and oxygen atoms in total. The molecule has 0 spiro atoms. The SMILES string of the molecule is CC(C)n1cnnc1-c1cccc(N2Cc3ccc(-c4c(F)cccc4C(=O)O)cc3C2=O)n1. The van der Waals surface area contributed by atoms with Gasteiger partial charge in [-0.3, -0.25) is 9.69 Å². The van der Waals surface area contributed by atoms with Crippen molar-refractivity contribution in [2.45, 2.75) is 26.4 Å². The van der Waals surface area contributed by atoms with Crippen LogP contribution in [0.1, 0.15) is 46.2 Å². The molecule has 9 heteroatoms. The molecule has 0 radical (unpaired) electrons. The number of benzene rings is 2. The molecule has 170 valence electrons. The first-order chi connectivity index (χ1) is 16.3. The first kappa shape index (κ1) is 21.4. The van der Waals surface area contributed by atoms with Gasteiger partial charge in [-0.1, -0.05) is 24.3 Å². The van der Waals surface area contributed by atoms with E-state index in [4.69, 9.17) is 0 Å². The van der Waals surface area contributed by atoms with Gasteiger partial charge >= 0.3 is 5.97 Å². The van der Waals surface area contributed by atoms with E-state index in [1.165, 1.54) is 23.1 Å². The van der Waals surface area contributed by atoms with Crippen molar-refractivity contribution in [3.05, 3.63) is 83.4 Å². The molecule has 5 rings (SSSR count). The van der Waals surface area contributed by atoms with Crippen LogP contribution in [0.15, 0.2) is 60.9 Å². The summed E-state index contributed by atoms with van der Waals surface area (Å²) in [5, 5.41) is 17.6. The fraction of sp³-hybridized carbons (Fsp3) is 0.160. The smallest absolute Gasteiger partial charge is 0.336 e. The van der Waals surface area contributed by atoms with Gasteiger partial charge in [0.15, 0.2) is 5.82 Å². The van der Waals surface area contributed by atoms with Crippen LogP contribution in [-0.2, 0) is 6.54 Å². The third-order valence-corrected chi connectivity index (χ3v) is 5.82. The summed E-state index contributed by atoms with van der Waals surface area (Å²) in [6.45, 7) is 4.32. The van der Waals surface area contributed by atoms with E-state index in [0.29, 0.717) is 35.0 Å². The number of nitrogens with zero attached hydrogens (tertiary/aromatic N) is 5. The highest BCUT2D eigenvalue weighted by Gasteiger charge is 2.31. The second-order valence-corrected chi connectivity index (χ2v) is 8.27. The number of halogens is 1. The van der Waals surface area contributed by atoms with Gasteiger partial charge in [0.2, 0.25) is 0 Å². The minimum absolute atomic E-state index is 0.0443. The van der Waals surface area contributed by atoms with Gasteiger partial charge in [0.05, 0.1) is 12.1 Å². The number of hydrogen-bond donors (Lipinski definition) is 1. The number of anilines is 1. The Hall–Kier alpha value is -4.40. The number of fused-ring (bicyclic) bond motifs is 1. The number of carbonyl (C=O) groups is 2. The summed E-state index contributed by atoms with van der Waals surface area (Å²) >= 11 is 0. The molecule has 0 saturated heterocycles. The molecule has 1 aliphatic heterocycles. The van der Waals surface area contributed by atoms with E-state index < -0.39 is 11.8 Å². The zero-order chi connectivity index (χ0) is 24.0. The van der Waals surface area contributed by atoms with Gasteiger partial charge in [0.25, 0.3) is 5.91 Å². The number of carbonyl (C=O) groups excluding carboxylic acids is 1. The van der Waals surface area contributed by atoms with Crippen molar-refractivity contribution in [1.29, 1.82) is 0 Å². The molecule has 3 heterocycles. The predicted molar refractivity (Wildman–Crippen MR) is 123 cm³/mol. The highest BCUT2D eigenvalue weighted by molar-refractivity contribution is 6.10. The molecule has 2 aromatic heterocycles. The van der Waals surface area contributed by atoms with E-state index in [0.717, 1.165) is 5.56 Å². The minimum atomic E-state index is -1.24. The maximum atomic E-state index is 14.6. The molecule has 0 saturated carbocycles. The number of rotatable bonds is 5. The molecular formula is C25H20FN5O3. The molecule has 1 amide bonds. The summed E-state index contributed by atoms with van der Waals surface area (Å²) in [5.74, 6) is -1.14. The molecule has 4 aromatic rings. The number of aromatic carboxylic acids is 1. The Bertz CT molecular complexity index is 1450. The number of pyridine rings is 1. The number of carboxylic acids is 1. The van der Waals surface area contributed by atoms with E-state index in [-0.39, 0.29) is 23.1 Å². The maximum Gasteiger partial charge on any atom is 0.336 e. The minimum Gasteiger partial charge on any atom is -0.478 e. The summed E-state index contributed by atoms with van der Waals surface area (Å²) in [7, 11) is 0. The lowest BCUT2D eigenvalue weighted by Gasteiger charge is -2.16. The van der Waals surface area contributed by atoms with Crippen LogP contribution in [0.4, 0.5) is 10.2 Å². The van der Waals surface area contributed by atoms with E-state index in [2.05, 4.69) is 15.2 Å². The van der Waals surface area contributed by atoms with Crippen LogP contribution >= 0.6 is 0 Å². The Labute approximate surface area is 194 Å². The molecule has 0 fully saturated rings. The standard InChI is InChI=1S/C25H20FN5O3/c1-14(2)31-13-27-29-23(31)20-7-4-8-21(28-20)30-12-16-10-9-15(11-18(16)24(30)32)22-17(25(33)34)5-3-6-19(22)26/h3-11,13-14H,12H2,1-2H3,(H,33,34). The van der Waals surface area contributed by atoms with Gasteiger partial charge in [0, 0.05) is 17.2 Å². The summed E-state index contributed by atoms with van der Waals surface area (Å²) in [6.07, 6.45) is 1.64. The van der Waals surface area contributed by atoms with Crippen LogP contribution in [0.2, 0.25) is 0 Å². The average Bonchev–Trinajstić information content (AvgIpc) is 3.44. The molecule has 0 aliphatic carbocycles. The van der Waals surface area contributed by atoms with Crippen molar-refractivity contribution in [1.82, 2.24) is 19.7 Å². The van der Waals surface area contributed by atoms with E-state index in [1.54, 1.807) is 36.7 Å².